The minimum absolute atomic E-state index is 0.611. The Labute approximate surface area is 373 Å². The maximum Gasteiger partial charge on any atom is 0.164 e. The van der Waals surface area contributed by atoms with Gasteiger partial charge in [-0.05, 0) is 63.7 Å². The fourth-order valence-corrected chi connectivity index (χ4v) is 10.7. The van der Waals surface area contributed by atoms with Crippen molar-refractivity contribution in [3.8, 4) is 62.1 Å². The largest absolute Gasteiger partial charge is 0.307 e. The van der Waals surface area contributed by atoms with E-state index in [0.29, 0.717) is 17.5 Å². The van der Waals surface area contributed by atoms with E-state index in [9.17, 15) is 0 Å². The highest BCUT2D eigenvalue weighted by Crippen LogP contribution is 2.46. The predicted molar refractivity (Wildman–Crippen MR) is 269 cm³/mol. The zero-order chi connectivity index (χ0) is 42.1. The number of thiophene rings is 1. The molecule has 0 amide bonds. The molecule has 0 spiro atoms. The number of benzene rings is 10. The van der Waals surface area contributed by atoms with Gasteiger partial charge in [0, 0.05) is 64.1 Å². The summed E-state index contributed by atoms with van der Waals surface area (Å²) in [7, 11) is 0. The van der Waals surface area contributed by atoms with E-state index in [-0.39, 0.29) is 0 Å². The topological polar surface area (TPSA) is 43.6 Å². The fraction of sp³-hybridized carbons (Fsp3) is 0. The number of rotatable bonds is 6. The lowest BCUT2D eigenvalue weighted by atomic mass is 9.92. The molecule has 3 aromatic heterocycles. The molecular weight excluding hydrogens is 797 g/mol. The smallest absolute Gasteiger partial charge is 0.164 e. The van der Waals surface area contributed by atoms with Crippen LogP contribution < -0.4 is 0 Å². The van der Waals surface area contributed by atoms with Crippen molar-refractivity contribution in [2.45, 2.75) is 0 Å². The van der Waals surface area contributed by atoms with Gasteiger partial charge in [-0.1, -0.05) is 182 Å². The zero-order valence-corrected chi connectivity index (χ0v) is 35.3. The fourth-order valence-electron chi connectivity index (χ4n) is 9.59. The maximum absolute atomic E-state index is 5.37. The van der Waals surface area contributed by atoms with Gasteiger partial charge in [-0.25, -0.2) is 15.0 Å². The Bertz CT molecular complexity index is 3890. The molecule has 10 aromatic carbocycles. The summed E-state index contributed by atoms with van der Waals surface area (Å²) in [4.78, 5) is 15.9. The number of nitrogens with zero attached hydrogens (tertiary/aromatic N) is 4. The molecule has 64 heavy (non-hydrogen) atoms. The van der Waals surface area contributed by atoms with Gasteiger partial charge in [0.15, 0.2) is 17.5 Å². The molecule has 0 radical (unpaired) electrons. The average molecular weight is 833 g/mol. The number of aromatic nitrogens is 4. The Morgan fingerprint density at radius 2 is 0.828 bits per heavy atom. The summed E-state index contributed by atoms with van der Waals surface area (Å²) in [5.74, 6) is 1.87. The SMILES string of the molecule is c1ccc(-c2nc(-c3cc(-c4ccccc4)c(-n4c5cc6ccccc6cc5c5ccc6ccccc6c54)c(-c4ccccc4)c3)nc(-c3ccc4c(c3)sc3ccccc34)n2)cc1. The van der Waals surface area contributed by atoms with Crippen LogP contribution in [0.15, 0.2) is 218 Å². The average Bonchev–Trinajstić information content (AvgIpc) is 3.91. The summed E-state index contributed by atoms with van der Waals surface area (Å²) in [6, 6.07) is 78.3. The van der Waals surface area contributed by atoms with Crippen molar-refractivity contribution in [1.29, 1.82) is 0 Å². The molecule has 0 saturated heterocycles. The Kier molecular flexibility index (Phi) is 8.36. The van der Waals surface area contributed by atoms with E-state index in [2.05, 4.69) is 205 Å². The van der Waals surface area contributed by atoms with Crippen molar-refractivity contribution in [1.82, 2.24) is 19.5 Å². The summed E-state index contributed by atoms with van der Waals surface area (Å²) in [5, 5.41) is 9.75. The first kappa shape index (κ1) is 36.4. The van der Waals surface area contributed by atoms with Gasteiger partial charge in [0.2, 0.25) is 0 Å². The van der Waals surface area contributed by atoms with E-state index in [1.807, 2.05) is 18.2 Å². The van der Waals surface area contributed by atoms with E-state index < -0.39 is 0 Å². The lowest BCUT2D eigenvalue weighted by Crippen LogP contribution is -2.04. The Morgan fingerprint density at radius 1 is 0.312 bits per heavy atom. The van der Waals surface area contributed by atoms with Gasteiger partial charge in [-0.2, -0.15) is 0 Å². The summed E-state index contributed by atoms with van der Waals surface area (Å²) < 4.78 is 5.00. The van der Waals surface area contributed by atoms with Crippen LogP contribution in [-0.2, 0) is 0 Å². The summed E-state index contributed by atoms with van der Waals surface area (Å²) in [5.41, 5.74) is 10.6. The number of hydrogen-bond donors (Lipinski definition) is 0. The van der Waals surface area contributed by atoms with Crippen molar-refractivity contribution in [2.75, 3.05) is 0 Å². The van der Waals surface area contributed by atoms with E-state index in [4.69, 9.17) is 15.0 Å². The Morgan fingerprint density at radius 3 is 1.52 bits per heavy atom. The minimum atomic E-state index is 0.611. The van der Waals surface area contributed by atoms with Gasteiger partial charge in [-0.15, -0.1) is 11.3 Å². The highest BCUT2D eigenvalue weighted by molar-refractivity contribution is 7.25. The monoisotopic (exact) mass is 832 g/mol. The molecule has 0 aliphatic heterocycles. The molecule has 298 valence electrons. The van der Waals surface area contributed by atoms with Crippen molar-refractivity contribution in [2.24, 2.45) is 0 Å². The third-order valence-corrected chi connectivity index (χ3v) is 13.7. The van der Waals surface area contributed by atoms with Crippen LogP contribution in [0.3, 0.4) is 0 Å². The second-order valence-corrected chi connectivity index (χ2v) is 17.5. The van der Waals surface area contributed by atoms with E-state index >= 15 is 0 Å². The predicted octanol–water partition coefficient (Wildman–Crippen LogP) is 16.0. The normalized spacial score (nSPS) is 11.8. The molecule has 13 aromatic rings. The van der Waals surface area contributed by atoms with E-state index in [0.717, 1.165) is 50.1 Å². The molecule has 5 heteroatoms. The number of hydrogen-bond acceptors (Lipinski definition) is 4. The molecule has 0 saturated carbocycles. The van der Waals surface area contributed by atoms with E-state index in [1.54, 1.807) is 11.3 Å². The van der Waals surface area contributed by atoms with Crippen molar-refractivity contribution >= 4 is 74.9 Å². The molecule has 0 aliphatic rings. The standard InChI is InChI=1S/C59H36N4S/c1-4-16-37(17-5-1)49-33-44(59-61-57(40-21-8-3-9-22-40)60-58(62-59)43-29-30-47-46-26-14-15-27-53(46)64-54(47)36-43)34-50(38-18-6-2-7-19-38)56(49)63-52-35-42-24-11-10-23-41(42)32-51(52)48-31-28-39-20-12-13-25-45(39)55(48)63/h1-36H. The summed E-state index contributed by atoms with van der Waals surface area (Å²) in [6.45, 7) is 0. The van der Waals surface area contributed by atoms with Gasteiger partial charge in [0.1, 0.15) is 0 Å². The van der Waals surface area contributed by atoms with Crippen LogP contribution in [0.5, 0.6) is 0 Å². The number of fused-ring (bicyclic) bond motifs is 9. The summed E-state index contributed by atoms with van der Waals surface area (Å²) >= 11 is 1.80. The lowest BCUT2D eigenvalue weighted by molar-refractivity contribution is 1.07. The van der Waals surface area contributed by atoms with Crippen LogP contribution in [-0.4, -0.2) is 19.5 Å². The molecule has 13 rings (SSSR count). The highest BCUT2D eigenvalue weighted by atomic mass is 32.1. The van der Waals surface area contributed by atoms with Gasteiger partial charge in [0.05, 0.1) is 16.7 Å². The molecular formula is C59H36N4S. The van der Waals surface area contributed by atoms with Gasteiger partial charge in [-0.3, -0.25) is 0 Å². The van der Waals surface area contributed by atoms with Crippen LogP contribution >= 0.6 is 11.3 Å². The molecule has 0 N–H and O–H groups in total. The third kappa shape index (κ3) is 5.93. The lowest BCUT2D eigenvalue weighted by Gasteiger charge is -2.21. The minimum Gasteiger partial charge on any atom is -0.307 e. The molecule has 0 aliphatic carbocycles. The van der Waals surface area contributed by atoms with Gasteiger partial charge in [0.25, 0.3) is 0 Å². The highest BCUT2D eigenvalue weighted by Gasteiger charge is 2.24. The van der Waals surface area contributed by atoms with Crippen LogP contribution in [0, 0.1) is 0 Å². The van der Waals surface area contributed by atoms with Crippen LogP contribution in [0.4, 0.5) is 0 Å². The first-order valence-electron chi connectivity index (χ1n) is 21.6. The first-order valence-corrected chi connectivity index (χ1v) is 22.4. The van der Waals surface area contributed by atoms with Crippen molar-refractivity contribution in [3.63, 3.8) is 0 Å². The van der Waals surface area contributed by atoms with Crippen molar-refractivity contribution in [3.05, 3.63) is 218 Å². The Balaban J connectivity index is 1.14. The molecule has 0 atom stereocenters. The Hall–Kier alpha value is -8.25. The van der Waals surface area contributed by atoms with Crippen LogP contribution in [0.25, 0.3) is 126 Å². The zero-order valence-electron chi connectivity index (χ0n) is 34.5. The molecule has 0 bridgehead atoms. The quantitative estimate of drug-likeness (QED) is 0.168. The second-order valence-electron chi connectivity index (χ2n) is 16.4. The first-order chi connectivity index (χ1) is 31.7. The molecule has 0 unspecified atom stereocenters. The maximum atomic E-state index is 5.37. The molecule has 4 nitrogen and oxygen atoms in total. The van der Waals surface area contributed by atoms with Crippen molar-refractivity contribution < 1.29 is 0 Å². The molecule has 3 heterocycles. The summed E-state index contributed by atoms with van der Waals surface area (Å²) in [6.07, 6.45) is 0. The van der Waals surface area contributed by atoms with E-state index in [1.165, 1.54) is 58.0 Å². The van der Waals surface area contributed by atoms with Gasteiger partial charge >= 0.3 is 0 Å². The van der Waals surface area contributed by atoms with Gasteiger partial charge < -0.3 is 4.57 Å². The van der Waals surface area contributed by atoms with Crippen LogP contribution in [0.2, 0.25) is 0 Å². The van der Waals surface area contributed by atoms with Crippen LogP contribution in [0.1, 0.15) is 0 Å². The molecule has 0 fully saturated rings. The third-order valence-electron chi connectivity index (χ3n) is 12.6. The second kappa shape index (κ2) is 14.7.